The highest BCUT2D eigenvalue weighted by Gasteiger charge is 2.07. The van der Waals surface area contributed by atoms with Crippen LogP contribution >= 0.6 is 0 Å². The van der Waals surface area contributed by atoms with Gasteiger partial charge in [0.2, 0.25) is 0 Å². The van der Waals surface area contributed by atoms with Crippen LogP contribution in [0.2, 0.25) is 0 Å². The van der Waals surface area contributed by atoms with Crippen molar-refractivity contribution in [3.8, 4) is 17.3 Å². The van der Waals surface area contributed by atoms with Crippen molar-refractivity contribution >= 4 is 11.6 Å². The number of pyridine rings is 1. The van der Waals surface area contributed by atoms with E-state index in [1.54, 1.807) is 20.4 Å². The lowest BCUT2D eigenvalue weighted by atomic mass is 10.2. The van der Waals surface area contributed by atoms with Crippen molar-refractivity contribution < 1.29 is 9.47 Å². The monoisotopic (exact) mass is 394 g/mol. The number of methoxy groups -OCH3 is 2. The van der Waals surface area contributed by atoms with Gasteiger partial charge in [-0.15, -0.1) is 0 Å². The number of benzene rings is 1. The molecule has 0 aliphatic heterocycles. The molecule has 2 aromatic heterocycles. The fourth-order valence-corrected chi connectivity index (χ4v) is 2.80. The number of aryl methyl sites for hydroxylation is 1. The second kappa shape index (κ2) is 9.59. The van der Waals surface area contributed by atoms with Crippen molar-refractivity contribution in [2.24, 2.45) is 4.99 Å². The van der Waals surface area contributed by atoms with Crippen molar-refractivity contribution in [1.29, 1.82) is 0 Å². The average Bonchev–Trinajstić information content (AvgIpc) is 3.18. The van der Waals surface area contributed by atoms with Gasteiger partial charge in [-0.1, -0.05) is 6.07 Å². The van der Waals surface area contributed by atoms with Gasteiger partial charge in [-0.05, 0) is 37.6 Å². The molecule has 1 aromatic carbocycles. The van der Waals surface area contributed by atoms with Gasteiger partial charge in [0.15, 0.2) is 17.5 Å². The van der Waals surface area contributed by atoms with Crippen molar-refractivity contribution in [3.63, 3.8) is 0 Å². The highest BCUT2D eigenvalue weighted by atomic mass is 16.5. The summed E-state index contributed by atoms with van der Waals surface area (Å²) in [6, 6.07) is 9.62. The van der Waals surface area contributed by atoms with Gasteiger partial charge >= 0.3 is 0 Å². The molecule has 8 nitrogen and oxygen atoms in total. The highest BCUT2D eigenvalue weighted by Crippen LogP contribution is 2.29. The molecule has 3 aromatic rings. The van der Waals surface area contributed by atoms with E-state index < -0.39 is 0 Å². The van der Waals surface area contributed by atoms with Gasteiger partial charge in [-0.2, -0.15) is 0 Å². The number of hydrogen-bond donors (Lipinski definition) is 2. The van der Waals surface area contributed by atoms with Crippen molar-refractivity contribution in [2.45, 2.75) is 20.4 Å². The number of anilines is 1. The van der Waals surface area contributed by atoms with Crippen LogP contribution in [-0.2, 0) is 6.54 Å². The van der Waals surface area contributed by atoms with Gasteiger partial charge in [-0.3, -0.25) is 4.57 Å². The van der Waals surface area contributed by atoms with Crippen LogP contribution in [0.25, 0.3) is 5.82 Å². The van der Waals surface area contributed by atoms with E-state index in [0.29, 0.717) is 24.0 Å². The van der Waals surface area contributed by atoms with Crippen LogP contribution in [0.3, 0.4) is 0 Å². The fraction of sp³-hybridized carbons (Fsp3) is 0.286. The molecule has 0 saturated carbocycles. The Balaban J connectivity index is 1.71. The second-order valence-corrected chi connectivity index (χ2v) is 6.26. The van der Waals surface area contributed by atoms with Crippen LogP contribution < -0.4 is 20.1 Å². The molecule has 0 radical (unpaired) electrons. The third kappa shape index (κ3) is 5.04. The molecule has 0 aliphatic rings. The maximum atomic E-state index is 5.36. The number of nitrogens with zero attached hydrogens (tertiary/aromatic N) is 4. The number of imidazole rings is 1. The van der Waals surface area contributed by atoms with Gasteiger partial charge in [0, 0.05) is 36.9 Å². The molecular formula is C21H26N6O2. The molecule has 2 N–H and O–H groups in total. The van der Waals surface area contributed by atoms with Crippen molar-refractivity contribution in [1.82, 2.24) is 19.9 Å². The van der Waals surface area contributed by atoms with Gasteiger partial charge in [0.1, 0.15) is 11.6 Å². The minimum atomic E-state index is 0.499. The average molecular weight is 394 g/mol. The number of guanidine groups is 1. The van der Waals surface area contributed by atoms with E-state index >= 15 is 0 Å². The molecule has 0 aliphatic carbocycles. The van der Waals surface area contributed by atoms with E-state index in [1.807, 2.05) is 61.1 Å². The third-order valence-electron chi connectivity index (χ3n) is 4.29. The molecule has 0 atom stereocenters. The molecule has 0 bridgehead atoms. The maximum Gasteiger partial charge on any atom is 0.196 e. The molecule has 0 amide bonds. The maximum absolute atomic E-state index is 5.36. The first-order valence-electron chi connectivity index (χ1n) is 9.37. The van der Waals surface area contributed by atoms with E-state index in [-0.39, 0.29) is 0 Å². The molecular weight excluding hydrogens is 368 g/mol. The number of rotatable bonds is 7. The first-order chi connectivity index (χ1) is 14.1. The molecule has 0 saturated heterocycles. The Morgan fingerprint density at radius 1 is 1.10 bits per heavy atom. The zero-order valence-corrected chi connectivity index (χ0v) is 17.1. The molecule has 0 spiro atoms. The topological polar surface area (TPSA) is 85.6 Å². The summed E-state index contributed by atoms with van der Waals surface area (Å²) in [6.07, 6.45) is 5.49. The van der Waals surface area contributed by atoms with E-state index in [4.69, 9.17) is 9.47 Å². The van der Waals surface area contributed by atoms with E-state index in [0.717, 1.165) is 29.4 Å². The number of aliphatic imine (C=N–C) groups is 1. The van der Waals surface area contributed by atoms with Gasteiger partial charge in [-0.25, -0.2) is 15.0 Å². The van der Waals surface area contributed by atoms with Crippen LogP contribution in [0.5, 0.6) is 11.5 Å². The molecule has 0 fully saturated rings. The summed E-state index contributed by atoms with van der Waals surface area (Å²) < 4.78 is 12.6. The highest BCUT2D eigenvalue weighted by molar-refractivity contribution is 5.93. The van der Waals surface area contributed by atoms with Crippen LogP contribution in [0.15, 0.2) is 53.9 Å². The van der Waals surface area contributed by atoms with Crippen LogP contribution in [-0.4, -0.2) is 41.3 Å². The first kappa shape index (κ1) is 20.2. The van der Waals surface area contributed by atoms with Gasteiger partial charge < -0.3 is 20.1 Å². The lowest BCUT2D eigenvalue weighted by Crippen LogP contribution is -2.30. The molecule has 0 unspecified atom stereocenters. The van der Waals surface area contributed by atoms with Crippen molar-refractivity contribution in [2.75, 3.05) is 26.1 Å². The largest absolute Gasteiger partial charge is 0.493 e. The predicted molar refractivity (Wildman–Crippen MR) is 114 cm³/mol. The summed E-state index contributed by atoms with van der Waals surface area (Å²) in [5.74, 6) is 3.75. The Labute approximate surface area is 170 Å². The van der Waals surface area contributed by atoms with Crippen LogP contribution in [0.1, 0.15) is 18.3 Å². The smallest absolute Gasteiger partial charge is 0.196 e. The number of nitrogens with one attached hydrogen (secondary N) is 2. The fourth-order valence-electron chi connectivity index (χ4n) is 2.80. The zero-order valence-electron chi connectivity index (χ0n) is 17.1. The second-order valence-electron chi connectivity index (χ2n) is 6.26. The lowest BCUT2D eigenvalue weighted by molar-refractivity contribution is 0.355. The van der Waals surface area contributed by atoms with E-state index in [9.17, 15) is 0 Å². The standard InChI is InChI=1S/C21H26N6O2/c1-5-22-21(26-17-7-8-18(28-3)19(12-17)29-4)25-14-16-6-9-20(24-13-16)27-11-10-23-15(27)2/h6-13H,5,14H2,1-4H3,(H2,22,25,26). The predicted octanol–water partition coefficient (Wildman–Crippen LogP) is 3.17. The SMILES string of the molecule is CCNC(=NCc1ccc(-n2ccnc2C)nc1)Nc1ccc(OC)c(OC)c1. The summed E-state index contributed by atoms with van der Waals surface area (Å²) in [7, 11) is 3.23. The quantitative estimate of drug-likeness (QED) is 0.473. The molecule has 29 heavy (non-hydrogen) atoms. The Morgan fingerprint density at radius 2 is 1.93 bits per heavy atom. The molecule has 152 valence electrons. The minimum absolute atomic E-state index is 0.499. The van der Waals surface area contributed by atoms with Crippen LogP contribution in [0, 0.1) is 6.92 Å². The molecule has 3 rings (SSSR count). The number of ether oxygens (including phenoxy) is 2. The Bertz CT molecular complexity index is 966. The summed E-state index contributed by atoms with van der Waals surface area (Å²) in [6.45, 7) is 5.22. The Morgan fingerprint density at radius 3 is 2.55 bits per heavy atom. The Hall–Kier alpha value is -3.55. The van der Waals surface area contributed by atoms with Crippen LogP contribution in [0.4, 0.5) is 5.69 Å². The first-order valence-corrected chi connectivity index (χ1v) is 9.37. The Kier molecular flexibility index (Phi) is 6.67. The minimum Gasteiger partial charge on any atom is -0.493 e. The third-order valence-corrected chi connectivity index (χ3v) is 4.29. The molecule has 2 heterocycles. The van der Waals surface area contributed by atoms with Gasteiger partial charge in [0.05, 0.1) is 20.8 Å². The summed E-state index contributed by atoms with van der Waals surface area (Å²) >= 11 is 0. The van der Waals surface area contributed by atoms with E-state index in [2.05, 4.69) is 25.6 Å². The number of hydrogen-bond acceptors (Lipinski definition) is 5. The summed E-state index contributed by atoms with van der Waals surface area (Å²) in [4.78, 5) is 13.4. The molecule has 8 heteroatoms. The lowest BCUT2D eigenvalue weighted by Gasteiger charge is -2.14. The summed E-state index contributed by atoms with van der Waals surface area (Å²) in [5, 5.41) is 6.53. The van der Waals surface area contributed by atoms with Gasteiger partial charge in [0.25, 0.3) is 0 Å². The van der Waals surface area contributed by atoms with Crippen molar-refractivity contribution in [3.05, 3.63) is 60.3 Å². The van der Waals surface area contributed by atoms with E-state index in [1.165, 1.54) is 0 Å². The number of aromatic nitrogens is 3. The summed E-state index contributed by atoms with van der Waals surface area (Å²) in [5.41, 5.74) is 1.86. The normalized spacial score (nSPS) is 11.2. The zero-order chi connectivity index (χ0) is 20.6.